The van der Waals surface area contributed by atoms with Crippen molar-refractivity contribution in [3.63, 3.8) is 0 Å². The molecular weight excluding hydrogens is 264 g/mol. The number of halogens is 1. The molecule has 1 amide bonds. The molecule has 1 rings (SSSR count). The molecule has 0 bridgehead atoms. The topological polar surface area (TPSA) is 53.4 Å². The third kappa shape index (κ3) is 5.17. The van der Waals surface area contributed by atoms with Crippen LogP contribution in [0.5, 0.6) is 0 Å². The fraction of sp³-hybridized carbons (Fsp3) is 0.571. The highest BCUT2D eigenvalue weighted by Gasteiger charge is 2.17. The number of unbranched alkanes of at least 4 members (excludes halogenated alkanes) is 3. The fourth-order valence-corrected chi connectivity index (χ4v) is 2.06. The van der Waals surface area contributed by atoms with Crippen LogP contribution in [0.2, 0.25) is 5.02 Å². The summed E-state index contributed by atoms with van der Waals surface area (Å²) in [4.78, 5) is 17.9. The van der Waals surface area contributed by atoms with Crippen LogP contribution in [0.3, 0.4) is 0 Å². The number of aromatic nitrogens is 1. The standard InChI is InChI=1S/C14H21ClN2O2/c1-2-3-4-5-8-17(9-10-18)14(19)12-11-16-7-6-13(12)15/h6-7,11,18H,2-5,8-10H2,1H3. The zero-order valence-corrected chi connectivity index (χ0v) is 12.1. The van der Waals surface area contributed by atoms with Crippen molar-refractivity contribution < 1.29 is 9.90 Å². The molecule has 1 aromatic heterocycles. The van der Waals surface area contributed by atoms with Crippen molar-refractivity contribution in [3.8, 4) is 0 Å². The molecule has 106 valence electrons. The van der Waals surface area contributed by atoms with E-state index in [9.17, 15) is 4.79 Å². The lowest BCUT2D eigenvalue weighted by molar-refractivity contribution is 0.0718. The monoisotopic (exact) mass is 284 g/mol. The lowest BCUT2D eigenvalue weighted by atomic mass is 10.2. The van der Waals surface area contributed by atoms with E-state index in [-0.39, 0.29) is 12.5 Å². The smallest absolute Gasteiger partial charge is 0.257 e. The first kappa shape index (κ1) is 15.9. The molecule has 0 saturated carbocycles. The summed E-state index contributed by atoms with van der Waals surface area (Å²) in [7, 11) is 0. The molecule has 0 aliphatic heterocycles. The maximum absolute atomic E-state index is 12.3. The predicted molar refractivity (Wildman–Crippen MR) is 76.4 cm³/mol. The van der Waals surface area contributed by atoms with Crippen molar-refractivity contribution in [3.05, 3.63) is 29.0 Å². The second-order valence-corrected chi connectivity index (χ2v) is 4.84. The highest BCUT2D eigenvalue weighted by molar-refractivity contribution is 6.33. The van der Waals surface area contributed by atoms with E-state index in [0.29, 0.717) is 23.7 Å². The quantitative estimate of drug-likeness (QED) is 0.747. The van der Waals surface area contributed by atoms with Gasteiger partial charge in [-0.3, -0.25) is 9.78 Å². The molecule has 1 aromatic rings. The minimum absolute atomic E-state index is 0.0442. The van der Waals surface area contributed by atoms with Gasteiger partial charge < -0.3 is 10.0 Å². The van der Waals surface area contributed by atoms with Crippen LogP contribution < -0.4 is 0 Å². The number of carbonyl (C=O) groups excluding carboxylic acids is 1. The van der Waals surface area contributed by atoms with Crippen LogP contribution in [-0.2, 0) is 0 Å². The number of aliphatic hydroxyl groups is 1. The summed E-state index contributed by atoms with van der Waals surface area (Å²) in [6.07, 6.45) is 7.37. The van der Waals surface area contributed by atoms with Crippen molar-refractivity contribution in [1.82, 2.24) is 9.88 Å². The van der Waals surface area contributed by atoms with Crippen LogP contribution in [0, 0.1) is 0 Å². The first-order chi connectivity index (χ1) is 9.20. The summed E-state index contributed by atoms with van der Waals surface area (Å²) in [6.45, 7) is 3.07. The largest absolute Gasteiger partial charge is 0.395 e. The van der Waals surface area contributed by atoms with E-state index in [4.69, 9.17) is 16.7 Å². The average Bonchev–Trinajstić information content (AvgIpc) is 2.42. The van der Waals surface area contributed by atoms with E-state index in [1.54, 1.807) is 17.2 Å². The number of pyridine rings is 1. The number of aliphatic hydroxyl groups excluding tert-OH is 1. The van der Waals surface area contributed by atoms with Gasteiger partial charge in [-0.15, -0.1) is 0 Å². The van der Waals surface area contributed by atoms with Gasteiger partial charge >= 0.3 is 0 Å². The molecule has 0 atom stereocenters. The fourth-order valence-electron chi connectivity index (χ4n) is 1.87. The Bertz CT molecular complexity index is 399. The Morgan fingerprint density at radius 2 is 2.16 bits per heavy atom. The Labute approximate surface area is 119 Å². The predicted octanol–water partition coefficient (Wildman–Crippen LogP) is 2.75. The third-order valence-electron chi connectivity index (χ3n) is 2.94. The molecule has 1 N–H and O–H groups in total. The van der Waals surface area contributed by atoms with Gasteiger partial charge in [-0.2, -0.15) is 0 Å². The average molecular weight is 285 g/mol. The zero-order chi connectivity index (χ0) is 14.1. The number of hydrogen-bond donors (Lipinski definition) is 1. The van der Waals surface area contributed by atoms with Gasteiger partial charge in [-0.25, -0.2) is 0 Å². The SMILES string of the molecule is CCCCCCN(CCO)C(=O)c1cnccc1Cl. The van der Waals surface area contributed by atoms with Gasteiger partial charge in [0.2, 0.25) is 0 Å². The Kier molecular flexibility index (Phi) is 7.45. The first-order valence-electron chi connectivity index (χ1n) is 6.70. The molecule has 5 heteroatoms. The summed E-state index contributed by atoms with van der Waals surface area (Å²) in [5.74, 6) is -0.163. The van der Waals surface area contributed by atoms with Crippen LogP contribution in [-0.4, -0.2) is 40.6 Å². The molecule has 0 fully saturated rings. The van der Waals surface area contributed by atoms with Crippen LogP contribution in [0.25, 0.3) is 0 Å². The van der Waals surface area contributed by atoms with Gasteiger partial charge in [0.25, 0.3) is 5.91 Å². The lowest BCUT2D eigenvalue weighted by Gasteiger charge is -2.22. The van der Waals surface area contributed by atoms with Crippen molar-refractivity contribution in [2.75, 3.05) is 19.7 Å². The summed E-state index contributed by atoms with van der Waals surface area (Å²) in [5, 5.41) is 9.46. The van der Waals surface area contributed by atoms with Crippen LogP contribution in [0.1, 0.15) is 43.0 Å². The van der Waals surface area contributed by atoms with Gasteiger partial charge in [0, 0.05) is 25.5 Å². The second-order valence-electron chi connectivity index (χ2n) is 4.43. The van der Waals surface area contributed by atoms with Crippen LogP contribution in [0.4, 0.5) is 0 Å². The lowest BCUT2D eigenvalue weighted by Crippen LogP contribution is -2.34. The van der Waals surface area contributed by atoms with Crippen molar-refractivity contribution in [2.24, 2.45) is 0 Å². The minimum atomic E-state index is -0.163. The third-order valence-corrected chi connectivity index (χ3v) is 3.27. The zero-order valence-electron chi connectivity index (χ0n) is 11.3. The Hall–Kier alpha value is -1.13. The second kappa shape index (κ2) is 8.88. The Morgan fingerprint density at radius 3 is 2.79 bits per heavy atom. The van der Waals surface area contributed by atoms with E-state index in [1.807, 2.05) is 0 Å². The minimum Gasteiger partial charge on any atom is -0.395 e. The highest BCUT2D eigenvalue weighted by atomic mass is 35.5. The van der Waals surface area contributed by atoms with E-state index in [2.05, 4.69) is 11.9 Å². The van der Waals surface area contributed by atoms with Crippen molar-refractivity contribution >= 4 is 17.5 Å². The van der Waals surface area contributed by atoms with E-state index in [1.165, 1.54) is 6.20 Å². The van der Waals surface area contributed by atoms with Crippen molar-refractivity contribution in [1.29, 1.82) is 0 Å². The molecule has 0 spiro atoms. The van der Waals surface area contributed by atoms with Gasteiger partial charge in [0.1, 0.15) is 0 Å². The van der Waals surface area contributed by atoms with E-state index in [0.717, 1.165) is 25.7 Å². The maximum atomic E-state index is 12.3. The first-order valence-corrected chi connectivity index (χ1v) is 7.08. The summed E-state index contributed by atoms with van der Waals surface area (Å²) in [6, 6.07) is 1.60. The number of hydrogen-bond acceptors (Lipinski definition) is 3. The van der Waals surface area contributed by atoms with Crippen molar-refractivity contribution in [2.45, 2.75) is 32.6 Å². The van der Waals surface area contributed by atoms with Crippen LogP contribution >= 0.6 is 11.6 Å². The van der Waals surface area contributed by atoms with Crippen LogP contribution in [0.15, 0.2) is 18.5 Å². The summed E-state index contributed by atoms with van der Waals surface area (Å²) >= 11 is 6.00. The highest BCUT2D eigenvalue weighted by Crippen LogP contribution is 2.16. The van der Waals surface area contributed by atoms with Gasteiger partial charge in [0.05, 0.1) is 17.2 Å². The maximum Gasteiger partial charge on any atom is 0.257 e. The van der Waals surface area contributed by atoms with E-state index >= 15 is 0 Å². The molecule has 4 nitrogen and oxygen atoms in total. The molecule has 0 aliphatic carbocycles. The molecule has 0 unspecified atom stereocenters. The summed E-state index contributed by atoms with van der Waals surface area (Å²) < 4.78 is 0. The molecule has 0 saturated heterocycles. The van der Waals surface area contributed by atoms with Gasteiger partial charge in [-0.1, -0.05) is 37.8 Å². The van der Waals surface area contributed by atoms with Gasteiger partial charge in [-0.05, 0) is 12.5 Å². The molecule has 0 aromatic carbocycles. The number of rotatable bonds is 8. The van der Waals surface area contributed by atoms with Gasteiger partial charge in [0.15, 0.2) is 0 Å². The number of nitrogens with zero attached hydrogens (tertiary/aromatic N) is 2. The normalized spacial score (nSPS) is 10.5. The molecule has 1 heterocycles. The summed E-state index contributed by atoms with van der Waals surface area (Å²) in [5.41, 5.74) is 0.396. The Morgan fingerprint density at radius 1 is 1.37 bits per heavy atom. The number of amides is 1. The molecule has 19 heavy (non-hydrogen) atoms. The van der Waals surface area contributed by atoms with E-state index < -0.39 is 0 Å². The molecule has 0 aliphatic rings. The molecule has 0 radical (unpaired) electrons. The number of carbonyl (C=O) groups is 1. The Balaban J connectivity index is 2.64. The molecular formula is C14H21ClN2O2.